The predicted octanol–water partition coefficient (Wildman–Crippen LogP) is 6.21. The van der Waals surface area contributed by atoms with E-state index in [1.807, 2.05) is 5.38 Å². The van der Waals surface area contributed by atoms with Gasteiger partial charge in [0.2, 0.25) is 0 Å². The molecule has 0 aliphatic heterocycles. The Morgan fingerprint density at radius 1 is 1.14 bits per heavy atom. The van der Waals surface area contributed by atoms with Gasteiger partial charge in [0.25, 0.3) is 5.56 Å². The lowest BCUT2D eigenvalue weighted by atomic mass is 9.99. The van der Waals surface area contributed by atoms with Gasteiger partial charge in [-0.1, -0.05) is 49.2 Å². The molecule has 6 nitrogen and oxygen atoms in total. The predicted molar refractivity (Wildman–Crippen MR) is 153 cm³/mol. The Bertz CT molecular complexity index is 1400. The Labute approximate surface area is 226 Å². The van der Waals surface area contributed by atoms with Gasteiger partial charge in [0.05, 0.1) is 11.9 Å². The number of halogens is 1. The number of H-pyrrole nitrogens is 1. The van der Waals surface area contributed by atoms with Crippen molar-refractivity contribution in [2.45, 2.75) is 46.8 Å². The maximum atomic E-state index is 13.2. The van der Waals surface area contributed by atoms with E-state index in [4.69, 9.17) is 21.3 Å². The number of hydrogen-bond donors (Lipinski definition) is 2. The van der Waals surface area contributed by atoms with Crippen LogP contribution in [0.5, 0.6) is 5.75 Å². The number of benzene rings is 2. The summed E-state index contributed by atoms with van der Waals surface area (Å²) in [5.74, 6) is 1.77. The monoisotopic (exact) mass is 539 g/mol. The number of thiophene rings is 1. The number of fused-ring (bicyclic) bond motifs is 1. The summed E-state index contributed by atoms with van der Waals surface area (Å²) in [7, 11) is 0. The molecule has 0 fully saturated rings. The number of aliphatic hydroxyl groups is 1. The third-order valence-corrected chi connectivity index (χ3v) is 7.41. The Morgan fingerprint density at radius 3 is 2.59 bits per heavy atom. The van der Waals surface area contributed by atoms with Gasteiger partial charge in [0.15, 0.2) is 0 Å². The van der Waals surface area contributed by atoms with Gasteiger partial charge >= 0.3 is 0 Å². The number of aryl methyl sites for hydroxylation is 2. The molecule has 2 heterocycles. The van der Waals surface area contributed by atoms with E-state index in [1.165, 1.54) is 16.9 Å². The van der Waals surface area contributed by atoms with Gasteiger partial charge in [-0.25, -0.2) is 4.98 Å². The number of aliphatic hydroxyl groups excluding tert-OH is 1. The van der Waals surface area contributed by atoms with Crippen molar-refractivity contribution in [2.75, 3.05) is 19.7 Å². The van der Waals surface area contributed by atoms with Crippen molar-refractivity contribution in [3.8, 4) is 16.9 Å². The van der Waals surface area contributed by atoms with Crippen LogP contribution in [0.15, 0.2) is 52.6 Å². The summed E-state index contributed by atoms with van der Waals surface area (Å²) in [4.78, 5) is 23.9. The van der Waals surface area contributed by atoms with Crippen molar-refractivity contribution in [1.82, 2.24) is 14.9 Å². The number of rotatable bonds is 11. The smallest absolute Gasteiger partial charge is 0.260 e. The van der Waals surface area contributed by atoms with E-state index in [1.54, 1.807) is 24.3 Å². The van der Waals surface area contributed by atoms with Crippen LogP contribution in [0.3, 0.4) is 0 Å². The van der Waals surface area contributed by atoms with Gasteiger partial charge in [-0.3, -0.25) is 9.69 Å². The number of aromatic amines is 1. The third-order valence-electron chi connectivity index (χ3n) is 6.29. The second-order valence-corrected chi connectivity index (χ2v) is 11.3. The second kappa shape index (κ2) is 12.2. The van der Waals surface area contributed by atoms with Gasteiger partial charge in [-0.05, 0) is 68.1 Å². The zero-order chi connectivity index (χ0) is 26.5. The molecule has 0 saturated carbocycles. The van der Waals surface area contributed by atoms with E-state index in [0.29, 0.717) is 41.0 Å². The van der Waals surface area contributed by atoms with E-state index >= 15 is 0 Å². The van der Waals surface area contributed by atoms with E-state index in [9.17, 15) is 9.90 Å². The van der Waals surface area contributed by atoms with Gasteiger partial charge < -0.3 is 14.8 Å². The molecule has 0 spiro atoms. The molecule has 2 aromatic carbocycles. The minimum atomic E-state index is -0.698. The quantitative estimate of drug-likeness (QED) is 0.237. The maximum Gasteiger partial charge on any atom is 0.260 e. The van der Waals surface area contributed by atoms with E-state index < -0.39 is 6.10 Å². The summed E-state index contributed by atoms with van der Waals surface area (Å²) < 4.78 is 5.73. The topological polar surface area (TPSA) is 78.5 Å². The number of ether oxygens (including phenoxy) is 1. The molecule has 0 amide bonds. The lowest BCUT2D eigenvalue weighted by Crippen LogP contribution is -2.37. The van der Waals surface area contributed by atoms with Crippen molar-refractivity contribution in [1.29, 1.82) is 0 Å². The Morgan fingerprint density at radius 2 is 1.89 bits per heavy atom. The van der Waals surface area contributed by atoms with Gasteiger partial charge in [0, 0.05) is 22.5 Å². The van der Waals surface area contributed by atoms with Gasteiger partial charge in [0.1, 0.15) is 29.1 Å². The van der Waals surface area contributed by atoms with Crippen LogP contribution in [0.2, 0.25) is 5.02 Å². The van der Waals surface area contributed by atoms with Crippen molar-refractivity contribution >= 4 is 33.2 Å². The van der Waals surface area contributed by atoms with Gasteiger partial charge in [-0.2, -0.15) is 0 Å². The van der Waals surface area contributed by atoms with Crippen LogP contribution in [-0.2, 0) is 6.54 Å². The highest BCUT2D eigenvalue weighted by atomic mass is 35.5. The summed E-state index contributed by atoms with van der Waals surface area (Å²) in [6.45, 7) is 10.2. The molecule has 0 radical (unpaired) electrons. The second-order valence-electron chi connectivity index (χ2n) is 10.00. The molecule has 0 saturated heterocycles. The van der Waals surface area contributed by atoms with E-state index in [0.717, 1.165) is 34.5 Å². The normalized spacial score (nSPS) is 12.5. The maximum absolute atomic E-state index is 13.2. The molecule has 4 rings (SSSR count). The highest BCUT2D eigenvalue weighted by molar-refractivity contribution is 7.17. The van der Waals surface area contributed by atoms with E-state index in [-0.39, 0.29) is 12.2 Å². The Hall–Kier alpha value is -2.71. The number of nitrogens with zero attached hydrogens (tertiary/aromatic N) is 2. The molecule has 1 unspecified atom stereocenters. The number of aromatic nitrogens is 2. The van der Waals surface area contributed by atoms with Crippen LogP contribution in [-0.4, -0.2) is 45.8 Å². The molecule has 196 valence electrons. The summed E-state index contributed by atoms with van der Waals surface area (Å²) in [5.41, 5.74) is 4.17. The Kier molecular flexibility index (Phi) is 9.03. The molecule has 0 aliphatic carbocycles. The first-order chi connectivity index (χ1) is 17.7. The Balaban J connectivity index is 1.50. The summed E-state index contributed by atoms with van der Waals surface area (Å²) >= 11 is 7.42. The zero-order valence-electron chi connectivity index (χ0n) is 21.8. The van der Waals surface area contributed by atoms with E-state index in [2.05, 4.69) is 55.8 Å². The molecule has 0 aliphatic rings. The highest BCUT2D eigenvalue weighted by Gasteiger charge is 2.18. The molecular weight excluding hydrogens is 506 g/mol. The minimum absolute atomic E-state index is 0.133. The largest absolute Gasteiger partial charge is 0.491 e. The molecule has 4 aromatic rings. The lowest BCUT2D eigenvalue weighted by molar-refractivity contribution is 0.0631. The van der Waals surface area contributed by atoms with Crippen LogP contribution in [0.1, 0.15) is 37.2 Å². The molecule has 1 atom stereocenters. The number of hydrogen-bond acceptors (Lipinski definition) is 6. The molecular formula is C29H34ClN3O3S. The third kappa shape index (κ3) is 7.20. The first-order valence-electron chi connectivity index (χ1n) is 12.6. The molecule has 37 heavy (non-hydrogen) atoms. The average Bonchev–Trinajstić information content (AvgIpc) is 3.26. The fourth-order valence-electron chi connectivity index (χ4n) is 4.34. The van der Waals surface area contributed by atoms with Crippen LogP contribution in [0.25, 0.3) is 21.3 Å². The van der Waals surface area contributed by atoms with Crippen LogP contribution in [0, 0.1) is 19.8 Å². The first-order valence-corrected chi connectivity index (χ1v) is 13.8. The van der Waals surface area contributed by atoms with Crippen molar-refractivity contribution < 1.29 is 9.84 Å². The van der Waals surface area contributed by atoms with Crippen LogP contribution < -0.4 is 10.3 Å². The SMILES string of the molecule is Cc1ccc(-c2csc3nc(CN(CCC(C)C)CC(O)COc4ccc(Cl)cc4)[nH]c(=O)c23)c(C)c1. The molecule has 0 bridgehead atoms. The minimum Gasteiger partial charge on any atom is -0.491 e. The summed E-state index contributed by atoms with van der Waals surface area (Å²) in [5, 5.41) is 14.0. The average molecular weight is 540 g/mol. The van der Waals surface area contributed by atoms with Crippen LogP contribution in [0.4, 0.5) is 0 Å². The van der Waals surface area contributed by atoms with Crippen molar-refractivity contribution in [2.24, 2.45) is 5.92 Å². The molecule has 2 aromatic heterocycles. The number of nitrogens with one attached hydrogen (secondary N) is 1. The fourth-order valence-corrected chi connectivity index (χ4v) is 5.43. The fraction of sp³-hybridized carbons (Fsp3) is 0.379. The first kappa shape index (κ1) is 27.3. The van der Waals surface area contributed by atoms with Crippen molar-refractivity contribution in [3.63, 3.8) is 0 Å². The molecule has 8 heteroatoms. The lowest BCUT2D eigenvalue weighted by Gasteiger charge is -2.25. The summed E-state index contributed by atoms with van der Waals surface area (Å²) in [6, 6.07) is 13.3. The zero-order valence-corrected chi connectivity index (χ0v) is 23.3. The van der Waals surface area contributed by atoms with Crippen LogP contribution >= 0.6 is 22.9 Å². The molecule has 2 N–H and O–H groups in total. The van der Waals surface area contributed by atoms with Crippen molar-refractivity contribution in [3.05, 3.63) is 80.2 Å². The standard InChI is InChI=1S/C29H34ClN3O3S/c1-18(2)11-12-33(14-22(34)16-36-23-8-6-21(30)7-9-23)15-26-31-28(35)27-25(17-37-29(27)32-26)24-10-5-19(3)13-20(24)4/h5-10,13,17-18,22,34H,11-12,14-16H2,1-4H3,(H,31,32,35). The highest BCUT2D eigenvalue weighted by Crippen LogP contribution is 2.33. The van der Waals surface area contributed by atoms with Gasteiger partial charge in [-0.15, -0.1) is 11.3 Å². The summed E-state index contributed by atoms with van der Waals surface area (Å²) in [6.07, 6.45) is 0.267.